The minimum absolute atomic E-state index is 0.746. The van der Waals surface area contributed by atoms with Crippen molar-refractivity contribution in [3.05, 3.63) is 24.3 Å². The van der Waals surface area contributed by atoms with Crippen molar-refractivity contribution in [3.63, 3.8) is 0 Å². The molecule has 0 bridgehead atoms. The van der Waals surface area contributed by atoms with E-state index < -0.39 is 0 Å². The fourth-order valence-electron chi connectivity index (χ4n) is 1.04. The van der Waals surface area contributed by atoms with Crippen LogP contribution in [0.1, 0.15) is 6.42 Å². The summed E-state index contributed by atoms with van der Waals surface area (Å²) < 4.78 is 0. The average molecular weight is 196 g/mol. The number of anilines is 1. The van der Waals surface area contributed by atoms with Crippen molar-refractivity contribution in [1.29, 1.82) is 0 Å². The summed E-state index contributed by atoms with van der Waals surface area (Å²) in [5.41, 5.74) is 6.57. The second kappa shape index (κ2) is 5.89. The molecule has 0 fully saturated rings. The van der Waals surface area contributed by atoms with Crippen LogP contribution in [0.4, 0.5) is 5.69 Å². The van der Waals surface area contributed by atoms with Gasteiger partial charge in [-0.1, -0.05) is 0 Å². The van der Waals surface area contributed by atoms with Crippen LogP contribution in [0, 0.1) is 0 Å². The Balaban J connectivity index is 2.40. The maximum absolute atomic E-state index is 5.39. The Bertz CT molecular complexity index is 233. The number of benzene rings is 1. The summed E-state index contributed by atoms with van der Waals surface area (Å²) in [6.07, 6.45) is 3.10. The van der Waals surface area contributed by atoms with Crippen molar-refractivity contribution >= 4 is 17.4 Å². The van der Waals surface area contributed by atoms with Gasteiger partial charge in [-0.2, -0.15) is 0 Å². The molecule has 0 atom stereocenters. The highest BCUT2D eigenvalue weighted by Crippen LogP contribution is 2.17. The molecule has 0 saturated heterocycles. The molecule has 2 nitrogen and oxygen atoms in total. The zero-order chi connectivity index (χ0) is 9.52. The number of nitrogens with one attached hydrogen (secondary N) is 1. The molecule has 1 aromatic rings. The molecule has 1 aromatic carbocycles. The lowest BCUT2D eigenvalue weighted by Gasteiger charge is -2.05. The standard InChI is InChI=1S/C10H16N2S/c1-13-10-5-3-9(4-6-10)12-8-2-7-11/h3-6,12H,2,7-8,11H2,1H3. The molecule has 0 amide bonds. The lowest BCUT2D eigenvalue weighted by molar-refractivity contribution is 0.874. The van der Waals surface area contributed by atoms with Crippen LogP contribution in [0.15, 0.2) is 29.2 Å². The molecule has 0 aliphatic carbocycles. The van der Waals surface area contributed by atoms with E-state index in [0.29, 0.717) is 0 Å². The van der Waals surface area contributed by atoms with Crippen molar-refractivity contribution in [2.75, 3.05) is 24.7 Å². The van der Waals surface area contributed by atoms with Gasteiger partial charge < -0.3 is 11.1 Å². The summed E-state index contributed by atoms with van der Waals surface area (Å²) in [5.74, 6) is 0. The first kappa shape index (κ1) is 10.4. The molecule has 0 saturated carbocycles. The first-order valence-electron chi connectivity index (χ1n) is 4.45. The largest absolute Gasteiger partial charge is 0.385 e. The Morgan fingerprint density at radius 1 is 1.31 bits per heavy atom. The van der Waals surface area contributed by atoms with E-state index in [2.05, 4.69) is 35.8 Å². The fraction of sp³-hybridized carbons (Fsp3) is 0.400. The molecule has 0 aliphatic rings. The lowest BCUT2D eigenvalue weighted by Crippen LogP contribution is -2.08. The van der Waals surface area contributed by atoms with Gasteiger partial charge in [-0.05, 0) is 43.5 Å². The molecule has 0 spiro atoms. The quantitative estimate of drug-likeness (QED) is 0.560. The lowest BCUT2D eigenvalue weighted by atomic mass is 10.3. The van der Waals surface area contributed by atoms with Crippen molar-refractivity contribution in [1.82, 2.24) is 0 Å². The van der Waals surface area contributed by atoms with E-state index in [1.54, 1.807) is 11.8 Å². The van der Waals surface area contributed by atoms with Crippen LogP contribution in [0.5, 0.6) is 0 Å². The zero-order valence-corrected chi connectivity index (χ0v) is 8.73. The van der Waals surface area contributed by atoms with Crippen LogP contribution in [0.25, 0.3) is 0 Å². The molecule has 1 rings (SSSR count). The summed E-state index contributed by atoms with van der Waals surface area (Å²) in [4.78, 5) is 1.30. The van der Waals surface area contributed by atoms with Gasteiger partial charge in [-0.15, -0.1) is 11.8 Å². The van der Waals surface area contributed by atoms with Gasteiger partial charge in [-0.25, -0.2) is 0 Å². The first-order chi connectivity index (χ1) is 6.36. The van der Waals surface area contributed by atoms with Crippen molar-refractivity contribution in [3.8, 4) is 0 Å². The molecular formula is C10H16N2S. The maximum Gasteiger partial charge on any atom is 0.0340 e. The van der Waals surface area contributed by atoms with Gasteiger partial charge in [0.15, 0.2) is 0 Å². The molecule has 13 heavy (non-hydrogen) atoms. The highest BCUT2D eigenvalue weighted by molar-refractivity contribution is 7.98. The van der Waals surface area contributed by atoms with Crippen molar-refractivity contribution < 1.29 is 0 Å². The second-order valence-electron chi connectivity index (χ2n) is 2.80. The fourth-order valence-corrected chi connectivity index (χ4v) is 1.45. The summed E-state index contributed by atoms with van der Waals surface area (Å²) in [6.45, 7) is 1.70. The number of thioether (sulfide) groups is 1. The molecule has 0 aromatic heterocycles. The summed E-state index contributed by atoms with van der Waals surface area (Å²) in [5, 5.41) is 3.31. The third kappa shape index (κ3) is 3.70. The summed E-state index contributed by atoms with van der Waals surface area (Å²) in [6, 6.07) is 8.44. The molecule has 0 heterocycles. The van der Waals surface area contributed by atoms with Gasteiger partial charge in [0.2, 0.25) is 0 Å². The van der Waals surface area contributed by atoms with Crippen LogP contribution in [0.2, 0.25) is 0 Å². The highest BCUT2D eigenvalue weighted by Gasteiger charge is 1.91. The number of hydrogen-bond donors (Lipinski definition) is 2. The van der Waals surface area contributed by atoms with Gasteiger partial charge in [0.1, 0.15) is 0 Å². The van der Waals surface area contributed by atoms with Crippen molar-refractivity contribution in [2.45, 2.75) is 11.3 Å². The first-order valence-corrected chi connectivity index (χ1v) is 5.67. The third-order valence-electron chi connectivity index (χ3n) is 1.80. The Hall–Kier alpha value is -0.670. The predicted octanol–water partition coefficient (Wildman–Crippen LogP) is 2.17. The van der Waals surface area contributed by atoms with E-state index in [1.807, 2.05) is 0 Å². The van der Waals surface area contributed by atoms with E-state index >= 15 is 0 Å². The van der Waals surface area contributed by atoms with Gasteiger partial charge in [0.05, 0.1) is 0 Å². The average Bonchev–Trinajstić information content (AvgIpc) is 2.19. The number of rotatable bonds is 5. The third-order valence-corrected chi connectivity index (χ3v) is 2.54. The molecule has 0 radical (unpaired) electrons. The minimum Gasteiger partial charge on any atom is -0.385 e. The highest BCUT2D eigenvalue weighted by atomic mass is 32.2. The smallest absolute Gasteiger partial charge is 0.0340 e. The maximum atomic E-state index is 5.39. The van der Waals surface area contributed by atoms with Crippen LogP contribution >= 0.6 is 11.8 Å². The van der Waals surface area contributed by atoms with Crippen LogP contribution in [0.3, 0.4) is 0 Å². The molecular weight excluding hydrogens is 180 g/mol. The van der Waals surface area contributed by atoms with E-state index in [9.17, 15) is 0 Å². The van der Waals surface area contributed by atoms with Crippen LogP contribution in [-0.4, -0.2) is 19.3 Å². The van der Waals surface area contributed by atoms with Gasteiger partial charge in [-0.3, -0.25) is 0 Å². The summed E-state index contributed by atoms with van der Waals surface area (Å²) >= 11 is 1.76. The van der Waals surface area contributed by atoms with Crippen molar-refractivity contribution in [2.24, 2.45) is 5.73 Å². The monoisotopic (exact) mass is 196 g/mol. The summed E-state index contributed by atoms with van der Waals surface area (Å²) in [7, 11) is 0. The Morgan fingerprint density at radius 3 is 2.54 bits per heavy atom. The van der Waals surface area contributed by atoms with Crippen LogP contribution < -0.4 is 11.1 Å². The Kier molecular flexibility index (Phi) is 4.72. The molecule has 0 aliphatic heterocycles. The normalized spacial score (nSPS) is 10.0. The van der Waals surface area contributed by atoms with Gasteiger partial charge in [0, 0.05) is 17.1 Å². The molecule has 0 unspecified atom stereocenters. The van der Waals surface area contributed by atoms with E-state index in [1.165, 1.54) is 10.6 Å². The topological polar surface area (TPSA) is 38.0 Å². The minimum atomic E-state index is 0.746. The molecule has 3 N–H and O–H groups in total. The second-order valence-corrected chi connectivity index (χ2v) is 3.68. The van der Waals surface area contributed by atoms with E-state index in [4.69, 9.17) is 5.73 Å². The molecule has 3 heteroatoms. The number of nitrogens with two attached hydrogens (primary N) is 1. The SMILES string of the molecule is CSc1ccc(NCCCN)cc1. The Morgan fingerprint density at radius 2 is 2.00 bits per heavy atom. The van der Waals surface area contributed by atoms with Gasteiger partial charge >= 0.3 is 0 Å². The molecule has 72 valence electrons. The number of hydrogen-bond acceptors (Lipinski definition) is 3. The zero-order valence-electron chi connectivity index (χ0n) is 7.92. The van der Waals surface area contributed by atoms with E-state index in [-0.39, 0.29) is 0 Å². The van der Waals surface area contributed by atoms with E-state index in [0.717, 1.165) is 19.5 Å². The van der Waals surface area contributed by atoms with Gasteiger partial charge in [0.25, 0.3) is 0 Å². The van der Waals surface area contributed by atoms with Crippen LogP contribution in [-0.2, 0) is 0 Å². The predicted molar refractivity (Wildman–Crippen MR) is 60.4 cm³/mol. The Labute approximate surface area is 83.9 Å².